The van der Waals surface area contributed by atoms with Gasteiger partial charge in [0.05, 0.1) is 31.4 Å². The molecular weight excluding hydrogens is 437 g/mol. The average Bonchev–Trinajstić information content (AvgIpc) is 3.22. The maximum atomic E-state index is 14.0. The van der Waals surface area contributed by atoms with Crippen molar-refractivity contribution in [1.82, 2.24) is 15.1 Å². The molecule has 0 radical (unpaired) electrons. The van der Waals surface area contributed by atoms with Crippen molar-refractivity contribution in [3.8, 4) is 0 Å². The van der Waals surface area contributed by atoms with Crippen LogP contribution >= 0.6 is 0 Å². The molecule has 0 spiro atoms. The summed E-state index contributed by atoms with van der Waals surface area (Å²) in [4.78, 5) is 28.4. The number of rotatable bonds is 5. The van der Waals surface area contributed by atoms with Gasteiger partial charge in [-0.3, -0.25) is 20.1 Å². The van der Waals surface area contributed by atoms with Crippen LogP contribution in [-0.2, 0) is 0 Å². The molecule has 1 fully saturated rings. The van der Waals surface area contributed by atoms with Gasteiger partial charge in [-0.15, -0.1) is 0 Å². The molecule has 2 aromatic carbocycles. The van der Waals surface area contributed by atoms with Crippen LogP contribution in [-0.4, -0.2) is 65.8 Å². The standard InChI is InChI=1S/C22H21F3N6O2/c1-12-3-4-13(10-26-2)7-17(12)28-20-29-22(33)30(5-6-32)21-27-11-18(31(20)21)14-8-15(23)19(25)16(24)9-14/h3-4,7-10,18,32H,5-6,11H2,1-2H3,(H,28,29,33). The number of carbonyl (C=O) groups is 1. The molecule has 1 unspecified atom stereocenters. The number of amides is 2. The third-order valence-electron chi connectivity index (χ3n) is 5.32. The number of hydrogen-bond acceptors (Lipinski definition) is 5. The summed E-state index contributed by atoms with van der Waals surface area (Å²) in [6, 6.07) is 5.97. The van der Waals surface area contributed by atoms with Gasteiger partial charge in [0.15, 0.2) is 17.5 Å². The Labute approximate surface area is 187 Å². The number of urea groups is 1. The molecule has 2 N–H and O–H groups in total. The zero-order valence-corrected chi connectivity index (χ0v) is 17.9. The van der Waals surface area contributed by atoms with Crippen LogP contribution in [0.2, 0.25) is 0 Å². The van der Waals surface area contributed by atoms with Crippen LogP contribution in [0.1, 0.15) is 22.7 Å². The van der Waals surface area contributed by atoms with Crippen molar-refractivity contribution in [3.63, 3.8) is 0 Å². The normalized spacial score (nSPS) is 19.3. The number of β-amino-alcohol motifs (C(OH)–C–C–N with tert-alkyl or cyclic N) is 1. The molecule has 2 aromatic rings. The second-order valence-corrected chi connectivity index (χ2v) is 7.50. The lowest BCUT2D eigenvalue weighted by Gasteiger charge is -2.38. The molecule has 1 saturated heterocycles. The van der Waals surface area contributed by atoms with Crippen molar-refractivity contribution in [2.75, 3.05) is 26.7 Å². The Hall–Kier alpha value is -3.73. The van der Waals surface area contributed by atoms with Gasteiger partial charge in [-0.05, 0) is 41.8 Å². The minimum atomic E-state index is -1.56. The van der Waals surface area contributed by atoms with Gasteiger partial charge in [0.1, 0.15) is 0 Å². The Morgan fingerprint density at radius 2 is 1.97 bits per heavy atom. The molecule has 0 bridgehead atoms. The lowest BCUT2D eigenvalue weighted by atomic mass is 10.1. The summed E-state index contributed by atoms with van der Waals surface area (Å²) in [6.07, 6.45) is 1.65. The van der Waals surface area contributed by atoms with Gasteiger partial charge in [0.25, 0.3) is 0 Å². The van der Waals surface area contributed by atoms with E-state index >= 15 is 0 Å². The molecule has 0 aliphatic carbocycles. The number of nitrogens with one attached hydrogen (secondary N) is 1. The first kappa shape index (κ1) is 22.5. The average molecular weight is 458 g/mol. The largest absolute Gasteiger partial charge is 0.395 e. The SMILES string of the molecule is CN=Cc1ccc(C)c(N=C2NC(=O)N(CCO)C3=NCC(c4cc(F)c(F)c(F)c4)N23)c1. The lowest BCUT2D eigenvalue weighted by Crippen LogP contribution is -2.62. The summed E-state index contributed by atoms with van der Waals surface area (Å²) < 4.78 is 41.5. The molecule has 2 amide bonds. The van der Waals surface area contributed by atoms with Gasteiger partial charge in [-0.25, -0.2) is 28.0 Å². The van der Waals surface area contributed by atoms with E-state index in [-0.39, 0.29) is 37.2 Å². The van der Waals surface area contributed by atoms with Crippen molar-refractivity contribution < 1.29 is 23.1 Å². The molecule has 0 saturated carbocycles. The molecule has 0 aromatic heterocycles. The second-order valence-electron chi connectivity index (χ2n) is 7.50. The first-order valence-corrected chi connectivity index (χ1v) is 10.1. The second kappa shape index (κ2) is 9.02. The Balaban J connectivity index is 1.82. The van der Waals surface area contributed by atoms with Crippen LogP contribution in [0.3, 0.4) is 0 Å². The van der Waals surface area contributed by atoms with Crippen LogP contribution in [0.15, 0.2) is 45.3 Å². The number of guanidine groups is 2. The highest BCUT2D eigenvalue weighted by molar-refractivity contribution is 6.16. The maximum absolute atomic E-state index is 14.0. The number of aryl methyl sites for hydroxylation is 1. The zero-order chi connectivity index (χ0) is 23.7. The summed E-state index contributed by atoms with van der Waals surface area (Å²) in [7, 11) is 1.64. The van der Waals surface area contributed by atoms with E-state index < -0.39 is 29.5 Å². The fourth-order valence-corrected chi connectivity index (χ4v) is 3.73. The fraction of sp³-hybridized carbons (Fsp3) is 0.273. The number of benzene rings is 2. The van der Waals surface area contributed by atoms with Crippen molar-refractivity contribution in [2.45, 2.75) is 13.0 Å². The number of hydrogen-bond donors (Lipinski definition) is 2. The summed E-state index contributed by atoms with van der Waals surface area (Å²) >= 11 is 0. The molecule has 8 nitrogen and oxygen atoms in total. The smallest absolute Gasteiger partial charge is 0.331 e. The van der Waals surface area contributed by atoms with Crippen LogP contribution < -0.4 is 5.32 Å². The van der Waals surface area contributed by atoms with Gasteiger partial charge in [-0.1, -0.05) is 12.1 Å². The molecule has 172 valence electrons. The number of halogens is 3. The van der Waals surface area contributed by atoms with Crippen LogP contribution in [0.25, 0.3) is 0 Å². The molecule has 1 atom stereocenters. The van der Waals surface area contributed by atoms with Crippen molar-refractivity contribution in [3.05, 3.63) is 64.5 Å². The van der Waals surface area contributed by atoms with Gasteiger partial charge < -0.3 is 5.11 Å². The molecule has 33 heavy (non-hydrogen) atoms. The van der Waals surface area contributed by atoms with Gasteiger partial charge >= 0.3 is 6.03 Å². The van der Waals surface area contributed by atoms with E-state index in [1.165, 1.54) is 9.80 Å². The molecular formula is C22H21F3N6O2. The number of nitrogens with zero attached hydrogens (tertiary/aromatic N) is 5. The quantitative estimate of drug-likeness (QED) is 0.533. The van der Waals surface area contributed by atoms with E-state index in [4.69, 9.17) is 0 Å². The molecule has 2 aliphatic heterocycles. The van der Waals surface area contributed by atoms with Gasteiger partial charge in [0.2, 0.25) is 11.9 Å². The molecule has 4 rings (SSSR count). The summed E-state index contributed by atoms with van der Waals surface area (Å²) in [5, 5.41) is 12.0. The molecule has 11 heteroatoms. The van der Waals surface area contributed by atoms with E-state index in [9.17, 15) is 23.1 Å². The van der Waals surface area contributed by atoms with Crippen LogP contribution in [0.5, 0.6) is 0 Å². The zero-order valence-electron chi connectivity index (χ0n) is 17.9. The van der Waals surface area contributed by atoms with E-state index in [0.717, 1.165) is 23.3 Å². The van der Waals surface area contributed by atoms with Crippen LogP contribution in [0, 0.1) is 24.4 Å². The van der Waals surface area contributed by atoms with Crippen molar-refractivity contribution >= 4 is 29.9 Å². The number of aliphatic hydroxyl groups excluding tert-OH is 1. The Morgan fingerprint density at radius 1 is 1.24 bits per heavy atom. The maximum Gasteiger partial charge on any atom is 0.331 e. The van der Waals surface area contributed by atoms with Crippen LogP contribution in [0.4, 0.5) is 23.7 Å². The van der Waals surface area contributed by atoms with Crippen molar-refractivity contribution in [2.24, 2.45) is 15.0 Å². The highest BCUT2D eigenvalue weighted by atomic mass is 19.2. The minimum absolute atomic E-state index is 0.0390. The predicted octanol–water partition coefficient (Wildman–Crippen LogP) is 2.88. The van der Waals surface area contributed by atoms with E-state index in [1.54, 1.807) is 19.3 Å². The third-order valence-corrected chi connectivity index (χ3v) is 5.32. The third kappa shape index (κ3) is 4.19. The fourth-order valence-electron chi connectivity index (χ4n) is 3.73. The summed E-state index contributed by atoms with van der Waals surface area (Å²) in [6.45, 7) is 1.51. The van der Waals surface area contributed by atoms with Gasteiger partial charge in [-0.2, -0.15) is 0 Å². The predicted molar refractivity (Wildman–Crippen MR) is 117 cm³/mol. The molecule has 2 aliphatic rings. The number of fused-ring (bicyclic) bond motifs is 1. The summed E-state index contributed by atoms with van der Waals surface area (Å²) in [5.74, 6) is -3.95. The van der Waals surface area contributed by atoms with E-state index in [2.05, 4.69) is 20.3 Å². The van der Waals surface area contributed by atoms with Crippen molar-refractivity contribution in [1.29, 1.82) is 0 Å². The first-order valence-electron chi connectivity index (χ1n) is 10.1. The lowest BCUT2D eigenvalue weighted by molar-refractivity contribution is 0.199. The Kier molecular flexibility index (Phi) is 6.14. The highest BCUT2D eigenvalue weighted by Gasteiger charge is 2.43. The Morgan fingerprint density at radius 3 is 2.64 bits per heavy atom. The topological polar surface area (TPSA) is 92.9 Å². The monoisotopic (exact) mass is 458 g/mol. The number of aliphatic imine (C=N–C) groups is 3. The highest BCUT2D eigenvalue weighted by Crippen LogP contribution is 2.32. The molecule has 2 heterocycles. The Bertz CT molecular complexity index is 1170. The van der Waals surface area contributed by atoms with E-state index in [1.807, 2.05) is 19.1 Å². The minimum Gasteiger partial charge on any atom is -0.395 e. The number of carbonyl (C=O) groups excluding carboxylic acids is 1. The summed E-state index contributed by atoms with van der Waals surface area (Å²) in [5.41, 5.74) is 2.28. The van der Waals surface area contributed by atoms with E-state index in [0.29, 0.717) is 5.69 Å². The van der Waals surface area contributed by atoms with Gasteiger partial charge in [0, 0.05) is 13.3 Å². The number of aliphatic hydroxyl groups is 1. The first-order chi connectivity index (χ1) is 15.8.